The minimum absolute atomic E-state index is 0. The molecule has 0 bridgehead atoms. The van der Waals surface area contributed by atoms with Crippen LogP contribution in [0.3, 0.4) is 0 Å². The molecule has 0 aliphatic carbocycles. The largest absolute Gasteiger partial charge is 0 e. The topological polar surface area (TPSA) is 458 Å². The predicted molar refractivity (Wildman–Crippen MR) is 508 cm³/mol. The average Bonchev–Trinajstić information content (AvgIpc) is 2.13. The first kappa shape index (κ1) is 562. The van der Waals surface area contributed by atoms with Gasteiger partial charge in [0.05, 0.1) is 0 Å². The molecule has 0 rings (SSSR count). The molecule has 0 atom stereocenters. The third-order valence-corrected chi connectivity index (χ3v) is 0. The predicted octanol–water partition coefficient (Wildman–Crippen LogP) is 16.5. The van der Waals surface area contributed by atoms with Crippen LogP contribution in [0, 0.1) is 153 Å². The normalized spacial score (nSPS) is 4.17. The molecule has 0 amide bonds. The fourth-order valence-electron chi connectivity index (χ4n) is 0. The molecule has 0 heterocycles. The zero-order valence-electron chi connectivity index (χ0n) is 89.2. The summed E-state index contributed by atoms with van der Waals surface area (Å²) in [6, 6.07) is 0. The van der Waals surface area contributed by atoms with Crippen LogP contribution in [-0.2, 0) is 903 Å². The van der Waals surface area contributed by atoms with Crippen LogP contribution in [0.5, 0.6) is 0 Å². The molecule has 0 radical (unpaired) electrons. The monoisotopic (exact) mass is 6010 g/mol. The van der Waals surface area contributed by atoms with Gasteiger partial charge in [0.1, 0.15) is 0 Å². The van der Waals surface area contributed by atoms with E-state index in [9.17, 15) is 0 Å². The van der Waals surface area contributed by atoms with Crippen molar-refractivity contribution < 1.29 is 903 Å². The van der Waals surface area contributed by atoms with Crippen LogP contribution >= 0.6 is 127 Å². The molecule has 149 heavy (non-hydrogen) atoms. The van der Waals surface area contributed by atoms with Gasteiger partial charge in [-0.05, 0) is 127 Å². The maximum atomic E-state index is 7.50. The minimum atomic E-state index is 0. The van der Waals surface area contributed by atoms with Crippen molar-refractivity contribution in [2.24, 2.45) is 0 Å². The van der Waals surface area contributed by atoms with E-state index in [1.165, 1.54) is 0 Å². The summed E-state index contributed by atoms with van der Waals surface area (Å²) >= 11 is 0. The van der Waals surface area contributed by atoms with Crippen molar-refractivity contribution in [3.05, 3.63) is 153 Å². The Labute approximate surface area is 1470 Å². The van der Waals surface area contributed by atoms with Crippen molar-refractivity contribution in [1.29, 1.82) is 0 Å². The molecule has 0 aromatic carbocycles. The number of rotatable bonds is 0. The first-order chi connectivity index (χ1) is 50.7. The van der Waals surface area contributed by atoms with Crippen molar-refractivity contribution in [1.82, 2.24) is 0 Å². The maximum Gasteiger partial charge on any atom is 0 e. The summed E-state index contributed by atoms with van der Waals surface area (Å²) in [6.07, 6.45) is 0. The zero-order chi connectivity index (χ0) is 103. The molecule has 0 aliphatic heterocycles. The fourth-order valence-corrected chi connectivity index (χ4v) is 0. The van der Waals surface area contributed by atoms with Gasteiger partial charge in [0.15, 0.2) is 0 Å². The summed E-state index contributed by atoms with van der Waals surface area (Å²) in [5.41, 5.74) is 0. The molecule has 0 aliphatic rings. The molecule has 1036 valence electrons. The van der Waals surface area contributed by atoms with Crippen molar-refractivity contribution in [3.8, 4) is 0 Å². The zero-order valence-corrected chi connectivity index (χ0v) is 166. The first-order valence-corrected chi connectivity index (χ1v) is 76.7. The number of hydrogen-bond donors (Lipinski definition) is 0. The van der Waals surface area contributed by atoms with E-state index in [-0.39, 0.29) is 923 Å². The molecule has 0 saturated carbocycles. The Kier molecular flexibility index (Phi) is 3560. The van der Waals surface area contributed by atoms with Gasteiger partial charge in [0.2, 0.25) is 0 Å². The van der Waals surface area contributed by atoms with Crippen LogP contribution in [0.25, 0.3) is 0 Å². The smallest absolute Gasteiger partial charge is 0 e. The fraction of sp³-hybridized carbons (Fsp3) is 0.676. The molecule has 0 fully saturated rings. The van der Waals surface area contributed by atoms with Crippen LogP contribution in [0.1, 0.15) is 0 Å². The Morgan fingerprint density at radius 2 is 0.0537 bits per heavy atom. The van der Waals surface area contributed by atoms with Gasteiger partial charge in [-0.1, -0.05) is 0 Å². The number of hydrogen-bond acceptors (Lipinski definition) is 0. The van der Waals surface area contributed by atoms with E-state index >= 15 is 0 Å². The van der Waals surface area contributed by atoms with Gasteiger partial charge < -0.3 is 0 Å². The second kappa shape index (κ2) is 944. The Balaban J connectivity index is -0.00000000455. The minimum Gasteiger partial charge on any atom is 0 e. The van der Waals surface area contributed by atoms with E-state index in [0.29, 0.717) is 0 Å². The van der Waals surface area contributed by atoms with Gasteiger partial charge in [-0.15, -0.1) is 0 Å². The molecule has 23 nitrogen and oxygen atoms in total. The molecule has 0 N–H and O–H groups in total. The molecular weight excluding hydrogens is 5870 g/mol. The quantitative estimate of drug-likeness (QED) is 0.0945. The third kappa shape index (κ3) is 7300. The van der Waals surface area contributed by atoms with Gasteiger partial charge in [-0.3, -0.25) is 0 Å². The van der Waals surface area contributed by atoms with E-state index in [4.69, 9.17) is 107 Å². The standard InChI is InChI=1S/16C3H9P.23CO.39Pd/c16*1-4(2)3;23*1-2;;;;;;;;;;;;;;;;;;;;;;;;;;;;;;;;;;;;;;;/h16*1-3H3;;;;;;;;;;;;;;;;;;;;;;;;;;;;;;;;;;;;;;;;;;;;;;;;;;;;;;;;;;;;;;/p+16. The van der Waals surface area contributed by atoms with E-state index < -0.39 is 0 Å². The Hall–Kier alpha value is 26.7. The summed E-state index contributed by atoms with van der Waals surface area (Å²) < 4.78 is 172. The Morgan fingerprint density at radius 1 is 0.0537 bits per heavy atom. The van der Waals surface area contributed by atoms with Crippen LogP contribution in [0.4, 0.5) is 0 Å². The van der Waals surface area contributed by atoms with E-state index in [0.717, 1.165) is 0 Å². The van der Waals surface area contributed by atoms with Crippen LogP contribution in [0.2, 0.25) is 0 Å². The molecule has 0 aromatic heterocycles. The third-order valence-electron chi connectivity index (χ3n) is 0. The summed E-state index contributed by atoms with van der Waals surface area (Å²) in [5, 5.41) is 0. The van der Waals surface area contributed by atoms with Gasteiger partial charge in [-0.2, -0.15) is 0 Å². The Bertz CT molecular complexity index is 1180. The van der Waals surface area contributed by atoms with Crippen molar-refractivity contribution in [2.75, 3.05) is 320 Å². The molecule has 0 aromatic rings. The molecular formula is C71H160O23P16Pd39+16. The van der Waals surface area contributed by atoms with Crippen LogP contribution in [-0.4, -0.2) is 320 Å². The average molecular weight is 6030 g/mol. The second-order valence-electron chi connectivity index (χ2n) is 24.0. The van der Waals surface area contributed by atoms with Crippen molar-refractivity contribution in [3.63, 3.8) is 0 Å². The molecule has 78 heteroatoms. The van der Waals surface area contributed by atoms with E-state index in [1.807, 2.05) is 0 Å². The van der Waals surface area contributed by atoms with Gasteiger partial charge in [-0.25, -0.2) is 0 Å². The van der Waals surface area contributed by atoms with Crippen molar-refractivity contribution in [2.45, 2.75) is 0 Å². The van der Waals surface area contributed by atoms with E-state index in [2.05, 4.69) is 473 Å². The van der Waals surface area contributed by atoms with Gasteiger partial charge in [0, 0.05) is 1120 Å². The summed E-state index contributed by atoms with van der Waals surface area (Å²) in [4.78, 5) is 0. The molecule has 0 spiro atoms. The maximum absolute atomic E-state index is 7.50. The first-order valence-electron chi connectivity index (χ1n) is 28.7. The van der Waals surface area contributed by atoms with Crippen LogP contribution in [0.15, 0.2) is 0 Å². The molecule has 0 unspecified atom stereocenters. The SMILES string of the molecule is C[PH+](C)C.C[PH+](C)C.C[PH+](C)C.C[PH+](C)C.C[PH+](C)C.C[PH+](C)C.C[PH+](C)C.C[PH+](C)C.C[PH+](C)C.C[PH+](C)C.C[PH+](C)C.C[PH+](C)C.C[PH+](C)C.C[PH+](C)C.C[PH+](C)C.C[PH+](C)C.[C-]#[O+].[C-]#[O+].[C-]#[O+].[C-]#[O+].[C-]#[O+].[C-]#[O+].[C-]#[O+].[C-]#[O+].[C-]#[O+].[C-]#[O+].[C-]#[O+].[C-]#[O+].[C-]#[O+].[C-]#[O+].[C-]#[O+].[C-]#[O+].[C-]#[O+].[C-]#[O+].[C-]#[O+].[C-]#[O+].[C-]#[O+].[C-]#[O+].[C-]#[O+].[Pd].[Pd].[Pd].[Pd].[Pd].[Pd].[Pd].[Pd].[Pd].[Pd].[Pd].[Pd].[Pd].[Pd].[Pd].[Pd].[Pd].[Pd].[Pd].[Pd].[Pd].[Pd].[Pd].[Pd].[Pd].[Pd].[Pd].[Pd].[Pd].[Pd].[Pd].[Pd].[Pd].[Pd].[Pd].[Pd].[Pd].[Pd].[Pd]. The Morgan fingerprint density at radius 3 is 0.0537 bits per heavy atom. The molecule has 0 saturated heterocycles. The second-order valence-corrected chi connectivity index (χ2v) is 72.0. The van der Waals surface area contributed by atoms with Crippen molar-refractivity contribution >= 4 is 127 Å². The van der Waals surface area contributed by atoms with Gasteiger partial charge in [0.25, 0.3) is 0 Å². The van der Waals surface area contributed by atoms with E-state index in [1.54, 1.807) is 0 Å². The van der Waals surface area contributed by atoms with Crippen LogP contribution < -0.4 is 0 Å². The summed E-state index contributed by atoms with van der Waals surface area (Å²) in [5.74, 6) is 0. The summed E-state index contributed by atoms with van der Waals surface area (Å²) in [7, 11) is 1.93. The summed E-state index contributed by atoms with van der Waals surface area (Å²) in [6.45, 7) is 212. The van der Waals surface area contributed by atoms with Gasteiger partial charge >= 0.3 is 260 Å².